The minimum absolute atomic E-state index is 0.0422. The van der Waals surface area contributed by atoms with E-state index in [1.165, 1.54) is 33.4 Å². The minimum Gasteiger partial charge on any atom is -0.493 e. The topological polar surface area (TPSA) is 60.5 Å². The average Bonchev–Trinajstić information content (AvgIpc) is 2.96. The van der Waals surface area contributed by atoms with Gasteiger partial charge in [-0.25, -0.2) is 0 Å². The van der Waals surface area contributed by atoms with E-state index in [4.69, 9.17) is 38.1 Å². The van der Waals surface area contributed by atoms with Gasteiger partial charge in [-0.2, -0.15) is 0 Å². The van der Waals surface area contributed by atoms with Crippen molar-refractivity contribution in [2.24, 2.45) is 0 Å². The van der Waals surface area contributed by atoms with Crippen LogP contribution in [0.5, 0.6) is 23.0 Å². The molecule has 7 nitrogen and oxygen atoms in total. The summed E-state index contributed by atoms with van der Waals surface area (Å²) in [5.74, 6) is -2.27. The summed E-state index contributed by atoms with van der Waals surface area (Å²) in [7, 11) is -1.96. The zero-order chi connectivity index (χ0) is 36.4. The molecule has 34 heavy (non-hydrogen) atoms. The summed E-state index contributed by atoms with van der Waals surface area (Å²) in [4.78, 5) is 14.9. The van der Waals surface area contributed by atoms with E-state index >= 15 is 0 Å². The van der Waals surface area contributed by atoms with Gasteiger partial charge in [0.2, 0.25) is 5.91 Å². The molecular formula is C27H36N2O5. The highest BCUT2D eigenvalue weighted by Crippen LogP contribution is 2.42. The predicted octanol–water partition coefficient (Wildman–Crippen LogP) is 3.31. The summed E-state index contributed by atoms with van der Waals surface area (Å²) in [5.41, 5.74) is 0.729. The zero-order valence-electron chi connectivity index (χ0n) is 33.2. The highest BCUT2D eigenvalue weighted by atomic mass is 16.5. The largest absolute Gasteiger partial charge is 0.493 e. The molecule has 0 spiro atoms. The summed E-state index contributed by atoms with van der Waals surface area (Å²) in [6.07, 6.45) is -3.95. The van der Waals surface area contributed by atoms with Crippen LogP contribution < -0.4 is 18.9 Å². The van der Waals surface area contributed by atoms with Crippen LogP contribution in [0.3, 0.4) is 0 Å². The lowest BCUT2D eigenvalue weighted by Gasteiger charge is -2.34. The van der Waals surface area contributed by atoms with Crippen molar-refractivity contribution < 1.29 is 42.9 Å². The van der Waals surface area contributed by atoms with Gasteiger partial charge < -0.3 is 28.7 Å². The fourth-order valence-electron chi connectivity index (χ4n) is 4.01. The van der Waals surface area contributed by atoms with Crippen molar-refractivity contribution in [3.8, 4) is 23.0 Å². The first-order valence-corrected chi connectivity index (χ1v) is 10.6. The quantitative estimate of drug-likeness (QED) is 0.518. The van der Waals surface area contributed by atoms with Gasteiger partial charge in [0.25, 0.3) is 0 Å². The number of likely N-dealkylation sites (N-methyl/N-ethyl adjacent to an activating group) is 1. The number of fused-ring (bicyclic) bond motifs is 2. The summed E-state index contributed by atoms with van der Waals surface area (Å²) >= 11 is 0. The van der Waals surface area contributed by atoms with Crippen LogP contribution in [-0.4, -0.2) is 77.1 Å². The normalized spacial score (nSPS) is 27.6. The van der Waals surface area contributed by atoms with E-state index in [0.29, 0.717) is 16.0 Å². The summed E-state index contributed by atoms with van der Waals surface area (Å²) in [5, 5.41) is 0. The second kappa shape index (κ2) is 10.6. The molecule has 1 aliphatic heterocycles. The number of amides is 1. The van der Waals surface area contributed by atoms with Crippen LogP contribution >= 0.6 is 0 Å². The lowest BCUT2D eigenvalue weighted by atomic mass is 9.77. The molecule has 0 saturated heterocycles. The van der Waals surface area contributed by atoms with Gasteiger partial charge >= 0.3 is 0 Å². The van der Waals surface area contributed by atoms with Gasteiger partial charge in [-0.1, -0.05) is 0 Å². The number of hydrogen-bond donors (Lipinski definition) is 0. The Labute approximate surface area is 222 Å². The van der Waals surface area contributed by atoms with E-state index in [0.717, 1.165) is 17.0 Å². The summed E-state index contributed by atoms with van der Waals surface area (Å²) < 4.78 is 135. The number of hydrogen-bond acceptors (Lipinski definition) is 6. The van der Waals surface area contributed by atoms with Gasteiger partial charge in [0.15, 0.2) is 23.0 Å². The minimum atomic E-state index is -3.03. The van der Waals surface area contributed by atoms with E-state index < -0.39 is 71.2 Å². The number of aryl methyl sites for hydroxylation is 1. The smallest absolute Gasteiger partial charge is 0.227 e. The van der Waals surface area contributed by atoms with Crippen LogP contribution in [0.15, 0.2) is 24.3 Å². The molecule has 4 rings (SSSR count). The maximum Gasteiger partial charge on any atom is 0.227 e. The summed E-state index contributed by atoms with van der Waals surface area (Å²) in [6.45, 7) is -8.50. The Kier molecular flexibility index (Phi) is 3.77. The van der Waals surface area contributed by atoms with Crippen LogP contribution in [0, 0.1) is 0 Å². The molecule has 0 fully saturated rings. The van der Waals surface area contributed by atoms with E-state index in [9.17, 15) is 4.79 Å². The van der Waals surface area contributed by atoms with Crippen LogP contribution in [0.4, 0.5) is 0 Å². The number of ether oxygens (including phenoxy) is 4. The maximum absolute atomic E-state index is 13.5. The number of carbonyl (C=O) groups excluding carboxylic acids is 1. The first-order chi connectivity index (χ1) is 21.8. The molecule has 0 saturated carbocycles. The van der Waals surface area contributed by atoms with Gasteiger partial charge in [-0.15, -0.1) is 0 Å². The van der Waals surface area contributed by atoms with Crippen molar-refractivity contribution in [2.45, 2.75) is 31.6 Å². The lowest BCUT2D eigenvalue weighted by Crippen LogP contribution is -2.36. The highest BCUT2D eigenvalue weighted by molar-refractivity contribution is 5.80. The molecule has 184 valence electrons. The SMILES string of the molecule is [2H]C([2H])([2H])Oc1cc2c(cc1OC)C(C([2H])([2H])N(C)C([2H])([2H])CCN1C(=O)Cc3cc(OC([2H])([2H])[2H])c(OC)cc3C([2H])([2H])C1([2H])[2H])C2. The molecule has 2 aromatic carbocycles. The average molecular weight is 483 g/mol. The lowest BCUT2D eigenvalue weighted by molar-refractivity contribution is -0.130. The standard InChI is InChI=1S/C27H36N2O5/c1-28(17-21-11-20-14-25(33-4)26(34-5)16-22(20)21)8-6-9-29-10-7-18-12-23(31-2)24(32-3)13-19(18)15-27(29)30/h12-14,16,21H,6-11,15,17H2,1-5H3/i3D3,4D3,7D2,8D2,10D2,17D2. The van der Waals surface area contributed by atoms with Gasteiger partial charge in [0.1, 0.15) is 0 Å². The fraction of sp³-hybridized carbons (Fsp3) is 0.519. The Morgan fingerprint density at radius 2 is 1.68 bits per heavy atom. The third-order valence-electron chi connectivity index (χ3n) is 5.84. The summed E-state index contributed by atoms with van der Waals surface area (Å²) in [6, 6.07) is 5.07. The van der Waals surface area contributed by atoms with Crippen LogP contribution in [-0.2, 0) is 24.0 Å². The third-order valence-corrected chi connectivity index (χ3v) is 5.84. The van der Waals surface area contributed by atoms with E-state index in [-0.39, 0.29) is 40.5 Å². The van der Waals surface area contributed by atoms with Crippen molar-refractivity contribution in [2.75, 3.05) is 61.4 Å². The second-order valence-electron chi connectivity index (χ2n) is 7.88. The number of methoxy groups -OCH3 is 4. The Hall–Kier alpha value is -2.93. The molecule has 1 aliphatic carbocycles. The molecule has 1 amide bonds. The van der Waals surface area contributed by atoms with Gasteiger partial charge in [-0.3, -0.25) is 4.79 Å². The molecule has 1 heterocycles. The van der Waals surface area contributed by atoms with Crippen LogP contribution in [0.1, 0.15) is 53.8 Å². The molecule has 0 bridgehead atoms. The Morgan fingerprint density at radius 3 is 2.38 bits per heavy atom. The van der Waals surface area contributed by atoms with Gasteiger partial charge in [-0.05, 0) is 79.3 Å². The molecule has 1 atom stereocenters. The Morgan fingerprint density at radius 1 is 1.03 bits per heavy atom. The monoisotopic (exact) mass is 482 g/mol. The number of benzene rings is 2. The Bertz CT molecular complexity index is 1560. The second-order valence-corrected chi connectivity index (χ2v) is 7.88. The van der Waals surface area contributed by atoms with Crippen molar-refractivity contribution in [3.05, 3.63) is 46.5 Å². The zero-order valence-corrected chi connectivity index (χ0v) is 19.2. The molecular weight excluding hydrogens is 432 g/mol. The van der Waals surface area contributed by atoms with E-state index in [1.54, 1.807) is 0 Å². The van der Waals surface area contributed by atoms with Crippen molar-refractivity contribution >= 4 is 5.91 Å². The van der Waals surface area contributed by atoms with Crippen molar-refractivity contribution in [3.63, 3.8) is 0 Å². The predicted molar refractivity (Wildman–Crippen MR) is 132 cm³/mol. The highest BCUT2D eigenvalue weighted by Gasteiger charge is 2.29. The van der Waals surface area contributed by atoms with Gasteiger partial charge in [0, 0.05) is 36.4 Å². The molecule has 2 aromatic rings. The van der Waals surface area contributed by atoms with E-state index in [2.05, 4.69) is 0 Å². The number of nitrogens with zero attached hydrogens (tertiary/aromatic N) is 2. The molecule has 0 N–H and O–H groups in total. The fourth-order valence-corrected chi connectivity index (χ4v) is 4.01. The first-order valence-electron chi connectivity index (χ1n) is 17.6. The molecule has 1 unspecified atom stereocenters. The van der Waals surface area contributed by atoms with Crippen LogP contribution in [0.2, 0.25) is 0 Å². The molecule has 2 aliphatic rings. The Balaban J connectivity index is 1.58. The first kappa shape index (κ1) is 12.2. The molecule has 7 heteroatoms. The third kappa shape index (κ3) is 4.94. The maximum atomic E-state index is 13.5. The number of carbonyl (C=O) groups is 1. The number of rotatable bonds is 10. The van der Waals surface area contributed by atoms with Crippen molar-refractivity contribution in [1.29, 1.82) is 0 Å². The van der Waals surface area contributed by atoms with E-state index in [1.807, 2.05) is 0 Å². The van der Waals surface area contributed by atoms with Crippen LogP contribution in [0.25, 0.3) is 0 Å². The van der Waals surface area contributed by atoms with Gasteiger partial charge in [0.05, 0.1) is 42.9 Å². The molecule has 0 aromatic heterocycles. The molecule has 0 radical (unpaired) electrons. The van der Waals surface area contributed by atoms with Crippen molar-refractivity contribution in [1.82, 2.24) is 9.80 Å².